The highest BCUT2D eigenvalue weighted by Crippen LogP contribution is 2.34. The molecule has 9 nitrogen and oxygen atoms in total. The largest absolute Gasteiger partial charge is 0.454 e. The van der Waals surface area contributed by atoms with E-state index in [4.69, 9.17) is 14.2 Å². The molecule has 3 amide bonds. The molecular formula is C24H27N3O6. The van der Waals surface area contributed by atoms with E-state index in [-0.39, 0.29) is 31.8 Å². The predicted octanol–water partition coefficient (Wildman–Crippen LogP) is 2.49. The quantitative estimate of drug-likeness (QED) is 0.479. The number of anilines is 1. The summed E-state index contributed by atoms with van der Waals surface area (Å²) >= 11 is 0. The number of aliphatic hydroxyl groups excluding tert-OH is 1. The van der Waals surface area contributed by atoms with Gasteiger partial charge in [0.15, 0.2) is 11.5 Å². The van der Waals surface area contributed by atoms with Crippen molar-refractivity contribution in [2.75, 3.05) is 18.7 Å². The van der Waals surface area contributed by atoms with Crippen molar-refractivity contribution in [2.45, 2.75) is 37.6 Å². The molecule has 0 unspecified atom stereocenters. The second-order valence-electron chi connectivity index (χ2n) is 7.88. The maximum absolute atomic E-state index is 12.4. The highest BCUT2D eigenvalue weighted by Gasteiger charge is 2.29. The van der Waals surface area contributed by atoms with E-state index < -0.39 is 24.3 Å². The molecule has 33 heavy (non-hydrogen) atoms. The Labute approximate surface area is 191 Å². The average Bonchev–Trinajstić information content (AvgIpc) is 3.28. The van der Waals surface area contributed by atoms with Gasteiger partial charge in [0.1, 0.15) is 6.10 Å². The number of aliphatic hydroxyl groups is 1. The summed E-state index contributed by atoms with van der Waals surface area (Å²) in [5.74, 6) is 1.02. The van der Waals surface area contributed by atoms with Crippen LogP contribution in [-0.2, 0) is 9.53 Å². The third-order valence-corrected chi connectivity index (χ3v) is 5.46. The van der Waals surface area contributed by atoms with Crippen LogP contribution in [0, 0.1) is 0 Å². The van der Waals surface area contributed by atoms with Gasteiger partial charge in [-0.25, -0.2) is 4.79 Å². The molecule has 0 fully saturated rings. The Morgan fingerprint density at radius 3 is 2.67 bits per heavy atom. The average molecular weight is 453 g/mol. The number of hydrogen-bond donors (Lipinski definition) is 4. The first-order valence-corrected chi connectivity index (χ1v) is 10.8. The van der Waals surface area contributed by atoms with Crippen molar-refractivity contribution in [3.05, 3.63) is 66.2 Å². The van der Waals surface area contributed by atoms with Gasteiger partial charge in [0.2, 0.25) is 12.7 Å². The zero-order chi connectivity index (χ0) is 23.2. The van der Waals surface area contributed by atoms with Crippen LogP contribution in [0.1, 0.15) is 24.9 Å². The van der Waals surface area contributed by atoms with Gasteiger partial charge >= 0.3 is 6.03 Å². The molecule has 2 aromatic rings. The highest BCUT2D eigenvalue weighted by molar-refractivity contribution is 5.90. The number of carbonyl (C=O) groups excluding carboxylic acids is 2. The molecule has 2 aliphatic heterocycles. The summed E-state index contributed by atoms with van der Waals surface area (Å²) in [7, 11) is 0. The summed E-state index contributed by atoms with van der Waals surface area (Å²) in [6.07, 6.45) is 2.40. The molecule has 4 atom stereocenters. The van der Waals surface area contributed by atoms with E-state index in [1.165, 1.54) is 0 Å². The minimum atomic E-state index is -0.679. The highest BCUT2D eigenvalue weighted by atomic mass is 16.7. The fourth-order valence-electron chi connectivity index (χ4n) is 3.74. The smallest absolute Gasteiger partial charge is 0.319 e. The number of fused-ring (bicyclic) bond motifs is 1. The zero-order valence-electron chi connectivity index (χ0n) is 18.2. The van der Waals surface area contributed by atoms with Crippen LogP contribution in [0.15, 0.2) is 60.7 Å². The van der Waals surface area contributed by atoms with Crippen LogP contribution in [0.5, 0.6) is 11.5 Å². The van der Waals surface area contributed by atoms with Gasteiger partial charge in [0.25, 0.3) is 0 Å². The third-order valence-electron chi connectivity index (χ3n) is 5.46. The first-order chi connectivity index (χ1) is 16.0. The summed E-state index contributed by atoms with van der Waals surface area (Å²) in [5, 5.41) is 18.2. The zero-order valence-corrected chi connectivity index (χ0v) is 18.2. The number of rotatable bonds is 7. The Hall–Kier alpha value is -3.56. The number of ether oxygens (including phenoxy) is 3. The number of hydrogen-bond acceptors (Lipinski definition) is 6. The monoisotopic (exact) mass is 453 g/mol. The molecule has 0 radical (unpaired) electrons. The summed E-state index contributed by atoms with van der Waals surface area (Å²) in [6, 6.07) is 13.6. The van der Waals surface area contributed by atoms with Gasteiger partial charge in [0.05, 0.1) is 31.2 Å². The molecule has 174 valence electrons. The fourth-order valence-corrected chi connectivity index (χ4v) is 3.74. The van der Waals surface area contributed by atoms with Crippen molar-refractivity contribution in [2.24, 2.45) is 0 Å². The van der Waals surface area contributed by atoms with E-state index in [1.807, 2.05) is 37.3 Å². The Kier molecular flexibility index (Phi) is 7.11. The van der Waals surface area contributed by atoms with Gasteiger partial charge in [-0.3, -0.25) is 4.79 Å². The maximum Gasteiger partial charge on any atom is 0.319 e. The van der Waals surface area contributed by atoms with Gasteiger partial charge in [0, 0.05) is 11.8 Å². The van der Waals surface area contributed by atoms with E-state index >= 15 is 0 Å². The van der Waals surface area contributed by atoms with Crippen molar-refractivity contribution in [3.63, 3.8) is 0 Å². The molecular weight excluding hydrogens is 426 g/mol. The molecule has 0 aliphatic carbocycles. The van der Waals surface area contributed by atoms with E-state index in [1.54, 1.807) is 30.4 Å². The first-order valence-electron chi connectivity index (χ1n) is 10.8. The first kappa shape index (κ1) is 22.6. The standard InChI is InChI=1S/C24H27N3O6/c1-15(16-5-3-2-4-6-16)25-23(29)12-18-8-9-19(22(13-28)33-18)27-24(30)26-17-7-10-20-21(11-17)32-14-31-20/h2-11,15,18-19,22,28H,12-14H2,1H3,(H,25,29)(H2,26,27,30)/t15-,18-,19+,22-/m1/s1. The van der Waals surface area contributed by atoms with Gasteiger partial charge < -0.3 is 35.3 Å². The molecule has 9 heteroatoms. The number of carbonyl (C=O) groups is 2. The van der Waals surface area contributed by atoms with Crippen LogP contribution < -0.4 is 25.4 Å². The number of nitrogens with one attached hydrogen (secondary N) is 3. The second kappa shape index (κ2) is 10.4. The Balaban J connectivity index is 1.29. The molecule has 0 saturated heterocycles. The minimum absolute atomic E-state index is 0.111. The lowest BCUT2D eigenvalue weighted by Crippen LogP contribution is -2.50. The van der Waals surface area contributed by atoms with E-state index in [0.717, 1.165) is 5.56 Å². The van der Waals surface area contributed by atoms with Gasteiger partial charge in [-0.05, 0) is 24.6 Å². The Morgan fingerprint density at radius 1 is 1.09 bits per heavy atom. The molecule has 0 aromatic heterocycles. The molecule has 2 aliphatic rings. The molecule has 0 spiro atoms. The summed E-state index contributed by atoms with van der Waals surface area (Å²) < 4.78 is 16.4. The van der Waals surface area contributed by atoms with Crippen molar-refractivity contribution in [3.8, 4) is 11.5 Å². The topological polar surface area (TPSA) is 118 Å². The molecule has 4 N–H and O–H groups in total. The van der Waals surface area contributed by atoms with Crippen LogP contribution in [-0.4, -0.2) is 48.7 Å². The number of benzene rings is 2. The SMILES string of the molecule is C[C@@H](NC(=O)C[C@H]1C=C[C@H](NC(=O)Nc2ccc3c(c2)OCO3)[C@@H](CO)O1)c1ccccc1. The van der Waals surface area contributed by atoms with Gasteiger partial charge in [-0.1, -0.05) is 42.5 Å². The molecule has 2 heterocycles. The van der Waals surface area contributed by atoms with Crippen molar-refractivity contribution in [1.82, 2.24) is 10.6 Å². The summed E-state index contributed by atoms with van der Waals surface area (Å²) in [6.45, 7) is 1.76. The number of amides is 3. The van der Waals surface area contributed by atoms with E-state index in [2.05, 4.69) is 16.0 Å². The van der Waals surface area contributed by atoms with Crippen LogP contribution in [0.3, 0.4) is 0 Å². The lowest BCUT2D eigenvalue weighted by molar-refractivity contribution is -0.125. The van der Waals surface area contributed by atoms with E-state index in [9.17, 15) is 14.7 Å². The molecule has 4 rings (SSSR count). The van der Waals surface area contributed by atoms with Crippen molar-refractivity contribution >= 4 is 17.6 Å². The number of urea groups is 1. The van der Waals surface area contributed by atoms with Crippen LogP contribution in [0.4, 0.5) is 10.5 Å². The molecule has 0 bridgehead atoms. The van der Waals surface area contributed by atoms with Crippen molar-refractivity contribution in [1.29, 1.82) is 0 Å². The lowest BCUT2D eigenvalue weighted by atomic mass is 10.0. The Bertz CT molecular complexity index is 1010. The molecule has 2 aromatic carbocycles. The maximum atomic E-state index is 12.4. The van der Waals surface area contributed by atoms with Gasteiger partial charge in [-0.2, -0.15) is 0 Å². The normalized spacial score (nSPS) is 21.8. The second-order valence-corrected chi connectivity index (χ2v) is 7.88. The summed E-state index contributed by atoms with van der Waals surface area (Å²) in [4.78, 5) is 24.9. The van der Waals surface area contributed by atoms with Crippen LogP contribution >= 0.6 is 0 Å². The lowest BCUT2D eigenvalue weighted by Gasteiger charge is -2.31. The van der Waals surface area contributed by atoms with Gasteiger partial charge in [-0.15, -0.1) is 0 Å². The third kappa shape index (κ3) is 5.82. The van der Waals surface area contributed by atoms with Crippen molar-refractivity contribution < 1.29 is 28.9 Å². The fraction of sp³-hybridized carbons (Fsp3) is 0.333. The molecule has 0 saturated carbocycles. The van der Waals surface area contributed by atoms with Crippen LogP contribution in [0.2, 0.25) is 0 Å². The Morgan fingerprint density at radius 2 is 1.88 bits per heavy atom. The van der Waals surface area contributed by atoms with E-state index in [0.29, 0.717) is 17.2 Å². The summed E-state index contributed by atoms with van der Waals surface area (Å²) in [5.41, 5.74) is 1.55. The minimum Gasteiger partial charge on any atom is -0.454 e. The predicted molar refractivity (Wildman–Crippen MR) is 121 cm³/mol. The van der Waals surface area contributed by atoms with Crippen LogP contribution in [0.25, 0.3) is 0 Å².